The lowest BCUT2D eigenvalue weighted by Crippen LogP contribution is -2.17. The second-order valence-corrected chi connectivity index (χ2v) is 3.48. The predicted octanol–water partition coefficient (Wildman–Crippen LogP) is 1.58. The number of nitrogens with one attached hydrogen (secondary N) is 1. The third-order valence-electron chi connectivity index (χ3n) is 2.35. The molecule has 0 aliphatic carbocycles. The summed E-state index contributed by atoms with van der Waals surface area (Å²) in [5.41, 5.74) is 1.61. The Labute approximate surface area is 93.6 Å². The number of hydrogen-bond donors (Lipinski definition) is 1. The molecule has 0 aliphatic rings. The molecule has 0 saturated heterocycles. The molecule has 2 rings (SSSR count). The van der Waals surface area contributed by atoms with Crippen LogP contribution >= 0.6 is 0 Å². The number of aryl methyl sites for hydroxylation is 1. The van der Waals surface area contributed by atoms with Crippen molar-refractivity contribution in [3.05, 3.63) is 52.4 Å². The van der Waals surface area contributed by atoms with Gasteiger partial charge in [0.15, 0.2) is 0 Å². The maximum Gasteiger partial charge on any atom is 0.274 e. The molecule has 0 bridgehead atoms. The van der Waals surface area contributed by atoms with Crippen molar-refractivity contribution in [3.63, 3.8) is 0 Å². The Morgan fingerprint density at radius 3 is 2.56 bits per heavy atom. The van der Waals surface area contributed by atoms with Crippen LogP contribution in [0.4, 0.5) is 5.95 Å². The van der Waals surface area contributed by atoms with Crippen molar-refractivity contribution in [2.45, 2.75) is 6.92 Å². The molecule has 4 nitrogen and oxygen atoms in total. The fourth-order valence-electron chi connectivity index (χ4n) is 1.67. The van der Waals surface area contributed by atoms with E-state index in [-0.39, 0.29) is 5.56 Å². The van der Waals surface area contributed by atoms with Crippen LogP contribution in [0.5, 0.6) is 0 Å². The summed E-state index contributed by atoms with van der Waals surface area (Å²) in [6.07, 6.45) is 0. The van der Waals surface area contributed by atoms with E-state index in [2.05, 4.69) is 10.3 Å². The minimum absolute atomic E-state index is 0.228. The van der Waals surface area contributed by atoms with Gasteiger partial charge in [-0.05, 0) is 19.1 Å². The Kier molecular flexibility index (Phi) is 2.72. The van der Waals surface area contributed by atoms with Crippen molar-refractivity contribution in [2.75, 3.05) is 12.4 Å². The molecular formula is C12H13N3O. The van der Waals surface area contributed by atoms with Gasteiger partial charge in [0.05, 0.1) is 0 Å². The Morgan fingerprint density at radius 2 is 1.94 bits per heavy atom. The van der Waals surface area contributed by atoms with E-state index < -0.39 is 0 Å². The van der Waals surface area contributed by atoms with Gasteiger partial charge >= 0.3 is 0 Å². The summed E-state index contributed by atoms with van der Waals surface area (Å²) in [7, 11) is 1.75. The standard InChI is InChI=1S/C12H13N3O/c1-9-8-11(16)14-12(13-2)15(9)10-6-4-3-5-7-10/h3-8H,1-2H3,(H,13,14,16). The summed E-state index contributed by atoms with van der Waals surface area (Å²) in [6.45, 7) is 1.89. The van der Waals surface area contributed by atoms with Gasteiger partial charge in [0.2, 0.25) is 5.95 Å². The number of para-hydroxylation sites is 1. The molecular weight excluding hydrogens is 202 g/mol. The molecule has 4 heteroatoms. The number of benzene rings is 1. The lowest BCUT2D eigenvalue weighted by Gasteiger charge is -2.14. The van der Waals surface area contributed by atoms with Crippen molar-refractivity contribution in [1.29, 1.82) is 0 Å². The molecule has 16 heavy (non-hydrogen) atoms. The van der Waals surface area contributed by atoms with Gasteiger partial charge in [-0.25, -0.2) is 0 Å². The predicted molar refractivity (Wildman–Crippen MR) is 64.1 cm³/mol. The minimum Gasteiger partial charge on any atom is -0.358 e. The van der Waals surface area contributed by atoms with E-state index in [1.54, 1.807) is 7.05 Å². The molecule has 0 radical (unpaired) electrons. The topological polar surface area (TPSA) is 46.9 Å². The molecule has 0 unspecified atom stereocenters. The molecule has 1 aromatic heterocycles. The molecule has 0 spiro atoms. The second kappa shape index (κ2) is 4.18. The summed E-state index contributed by atoms with van der Waals surface area (Å²) in [5, 5.41) is 2.93. The van der Waals surface area contributed by atoms with Crippen LogP contribution in [0.3, 0.4) is 0 Å². The van der Waals surface area contributed by atoms with E-state index in [0.717, 1.165) is 11.4 Å². The number of hydrogen-bond acceptors (Lipinski definition) is 3. The van der Waals surface area contributed by atoms with Crippen LogP contribution in [-0.2, 0) is 0 Å². The third kappa shape index (κ3) is 1.82. The number of anilines is 1. The average Bonchev–Trinajstić information content (AvgIpc) is 2.29. The molecule has 0 fully saturated rings. The first-order valence-electron chi connectivity index (χ1n) is 5.06. The zero-order valence-electron chi connectivity index (χ0n) is 9.27. The molecule has 1 N–H and O–H groups in total. The van der Waals surface area contributed by atoms with Gasteiger partial charge < -0.3 is 5.32 Å². The van der Waals surface area contributed by atoms with E-state index in [1.807, 2.05) is 41.8 Å². The van der Waals surface area contributed by atoms with Crippen molar-refractivity contribution in [1.82, 2.24) is 9.55 Å². The van der Waals surface area contributed by atoms with Crippen molar-refractivity contribution in [3.8, 4) is 5.69 Å². The Morgan fingerprint density at radius 1 is 1.25 bits per heavy atom. The monoisotopic (exact) mass is 215 g/mol. The Hall–Kier alpha value is -2.10. The fourth-order valence-corrected chi connectivity index (χ4v) is 1.67. The summed E-state index contributed by atoms with van der Waals surface area (Å²) < 4.78 is 1.90. The van der Waals surface area contributed by atoms with Crippen molar-refractivity contribution in [2.24, 2.45) is 0 Å². The Bertz CT molecular complexity index is 546. The lowest BCUT2D eigenvalue weighted by atomic mass is 10.3. The maximum atomic E-state index is 11.3. The number of nitrogens with zero attached hydrogens (tertiary/aromatic N) is 2. The van der Waals surface area contributed by atoms with Crippen LogP contribution in [0.2, 0.25) is 0 Å². The SMILES string of the molecule is CNc1nc(=O)cc(C)n1-c1ccccc1. The highest BCUT2D eigenvalue weighted by Gasteiger charge is 2.06. The van der Waals surface area contributed by atoms with E-state index in [9.17, 15) is 4.79 Å². The van der Waals surface area contributed by atoms with Gasteiger partial charge in [-0.2, -0.15) is 4.98 Å². The molecule has 0 aliphatic heterocycles. The van der Waals surface area contributed by atoms with Crippen LogP contribution < -0.4 is 10.9 Å². The first-order valence-corrected chi connectivity index (χ1v) is 5.06. The molecule has 0 saturated carbocycles. The number of rotatable bonds is 2. The highest BCUT2D eigenvalue weighted by molar-refractivity contribution is 5.42. The number of aromatic nitrogens is 2. The largest absolute Gasteiger partial charge is 0.358 e. The summed E-state index contributed by atoms with van der Waals surface area (Å²) >= 11 is 0. The van der Waals surface area contributed by atoms with E-state index in [0.29, 0.717) is 5.95 Å². The van der Waals surface area contributed by atoms with Gasteiger partial charge in [-0.3, -0.25) is 9.36 Å². The zero-order valence-corrected chi connectivity index (χ0v) is 9.27. The Balaban J connectivity index is 2.69. The van der Waals surface area contributed by atoms with Gasteiger partial charge in [0.1, 0.15) is 0 Å². The fraction of sp³-hybridized carbons (Fsp3) is 0.167. The molecule has 82 valence electrons. The van der Waals surface area contributed by atoms with Crippen molar-refractivity contribution < 1.29 is 0 Å². The molecule has 2 aromatic rings. The smallest absolute Gasteiger partial charge is 0.274 e. The highest BCUT2D eigenvalue weighted by atomic mass is 16.1. The van der Waals surface area contributed by atoms with E-state index >= 15 is 0 Å². The molecule has 1 heterocycles. The van der Waals surface area contributed by atoms with E-state index in [4.69, 9.17) is 0 Å². The maximum absolute atomic E-state index is 11.3. The zero-order chi connectivity index (χ0) is 11.5. The van der Waals surface area contributed by atoms with Gasteiger partial charge in [0.25, 0.3) is 5.56 Å². The molecule has 0 amide bonds. The van der Waals surface area contributed by atoms with Crippen LogP contribution in [0, 0.1) is 6.92 Å². The summed E-state index contributed by atoms with van der Waals surface area (Å²) in [6, 6.07) is 11.3. The lowest BCUT2D eigenvalue weighted by molar-refractivity contribution is 0.920. The second-order valence-electron chi connectivity index (χ2n) is 3.48. The summed E-state index contributed by atoms with van der Waals surface area (Å²) in [5.74, 6) is 0.552. The quantitative estimate of drug-likeness (QED) is 0.827. The van der Waals surface area contributed by atoms with Gasteiger partial charge in [-0.1, -0.05) is 18.2 Å². The first kappa shape index (κ1) is 10.4. The van der Waals surface area contributed by atoms with Crippen molar-refractivity contribution >= 4 is 5.95 Å². The van der Waals surface area contributed by atoms with Crippen LogP contribution in [-0.4, -0.2) is 16.6 Å². The van der Waals surface area contributed by atoms with Gasteiger partial charge in [0, 0.05) is 24.5 Å². The van der Waals surface area contributed by atoms with Crippen LogP contribution in [0.1, 0.15) is 5.69 Å². The normalized spacial score (nSPS) is 10.1. The minimum atomic E-state index is -0.228. The van der Waals surface area contributed by atoms with Gasteiger partial charge in [-0.15, -0.1) is 0 Å². The van der Waals surface area contributed by atoms with Crippen LogP contribution in [0.25, 0.3) is 5.69 Å². The van der Waals surface area contributed by atoms with E-state index in [1.165, 1.54) is 6.07 Å². The average molecular weight is 215 g/mol. The first-order chi connectivity index (χ1) is 7.72. The third-order valence-corrected chi connectivity index (χ3v) is 2.35. The highest BCUT2D eigenvalue weighted by Crippen LogP contribution is 2.14. The molecule has 1 aromatic carbocycles. The summed E-state index contributed by atoms with van der Waals surface area (Å²) in [4.78, 5) is 15.2. The molecule has 0 atom stereocenters. The van der Waals surface area contributed by atoms with Crippen LogP contribution in [0.15, 0.2) is 41.2 Å².